The summed E-state index contributed by atoms with van der Waals surface area (Å²) in [6.45, 7) is 0. The monoisotopic (exact) mass is 375 g/mol. The van der Waals surface area contributed by atoms with E-state index in [4.69, 9.17) is 0 Å². The van der Waals surface area contributed by atoms with Crippen LogP contribution in [0.3, 0.4) is 0 Å². The SMILES string of the molecule is O=C1c2cc(Br)ccc2-c2c1cccc2-c1nc2ccncc2[nH]1. The van der Waals surface area contributed by atoms with E-state index < -0.39 is 0 Å². The predicted octanol–water partition coefficient (Wildman–Crippen LogP) is 4.60. The van der Waals surface area contributed by atoms with Gasteiger partial charge in [-0.3, -0.25) is 9.78 Å². The number of aromatic amines is 1. The van der Waals surface area contributed by atoms with Crippen molar-refractivity contribution in [2.75, 3.05) is 0 Å². The molecule has 0 atom stereocenters. The van der Waals surface area contributed by atoms with Crippen molar-refractivity contribution in [3.8, 4) is 22.5 Å². The summed E-state index contributed by atoms with van der Waals surface area (Å²) in [5.41, 5.74) is 6.01. The number of pyridine rings is 1. The number of fused-ring (bicyclic) bond motifs is 4. The molecule has 0 radical (unpaired) electrons. The van der Waals surface area contributed by atoms with Crippen LogP contribution in [0.2, 0.25) is 0 Å². The van der Waals surface area contributed by atoms with Crippen molar-refractivity contribution >= 4 is 32.7 Å². The molecular weight excluding hydrogens is 366 g/mol. The van der Waals surface area contributed by atoms with Gasteiger partial charge in [-0.15, -0.1) is 0 Å². The van der Waals surface area contributed by atoms with Crippen LogP contribution in [0.1, 0.15) is 15.9 Å². The van der Waals surface area contributed by atoms with E-state index in [1.54, 1.807) is 12.4 Å². The summed E-state index contributed by atoms with van der Waals surface area (Å²) >= 11 is 3.45. The molecular formula is C19H10BrN3O. The third-order valence-electron chi connectivity index (χ3n) is 4.34. The Labute approximate surface area is 145 Å². The Bertz CT molecular complexity index is 1110. The molecule has 2 heterocycles. The lowest BCUT2D eigenvalue weighted by molar-refractivity contribution is 0.104. The average molecular weight is 376 g/mol. The van der Waals surface area contributed by atoms with Crippen molar-refractivity contribution in [3.05, 3.63) is 70.5 Å². The maximum atomic E-state index is 12.7. The molecule has 0 fully saturated rings. The van der Waals surface area contributed by atoms with Crippen molar-refractivity contribution in [3.63, 3.8) is 0 Å². The van der Waals surface area contributed by atoms with Crippen LogP contribution in [0.5, 0.6) is 0 Å². The highest BCUT2D eigenvalue weighted by Crippen LogP contribution is 2.43. The van der Waals surface area contributed by atoms with Gasteiger partial charge < -0.3 is 4.98 Å². The number of nitrogens with one attached hydrogen (secondary N) is 1. The molecule has 0 unspecified atom stereocenters. The highest BCUT2D eigenvalue weighted by Gasteiger charge is 2.29. The molecule has 0 aliphatic heterocycles. The average Bonchev–Trinajstić information content (AvgIpc) is 3.15. The molecule has 5 heteroatoms. The molecule has 4 aromatic rings. The van der Waals surface area contributed by atoms with Crippen LogP contribution in [0.15, 0.2) is 59.3 Å². The highest BCUT2D eigenvalue weighted by molar-refractivity contribution is 9.10. The minimum absolute atomic E-state index is 0.0564. The van der Waals surface area contributed by atoms with E-state index in [1.807, 2.05) is 42.5 Å². The minimum Gasteiger partial charge on any atom is -0.337 e. The van der Waals surface area contributed by atoms with E-state index in [0.29, 0.717) is 0 Å². The standard InChI is InChI=1S/C19H10BrN3O/c20-10-4-5-11-14(8-10)18(24)12-2-1-3-13(17(11)12)19-22-15-6-7-21-9-16(15)23-19/h1-9H,(H,22,23). The Morgan fingerprint density at radius 1 is 0.958 bits per heavy atom. The molecule has 1 aliphatic carbocycles. The van der Waals surface area contributed by atoms with Crippen LogP contribution in [0.4, 0.5) is 0 Å². The lowest BCUT2D eigenvalue weighted by Gasteiger charge is -2.06. The largest absolute Gasteiger partial charge is 0.337 e. The first-order valence-corrected chi connectivity index (χ1v) is 8.29. The van der Waals surface area contributed by atoms with Gasteiger partial charge in [-0.25, -0.2) is 4.98 Å². The molecule has 114 valence electrons. The summed E-state index contributed by atoms with van der Waals surface area (Å²) in [7, 11) is 0. The van der Waals surface area contributed by atoms with Gasteiger partial charge in [-0.1, -0.05) is 40.2 Å². The summed E-state index contributed by atoms with van der Waals surface area (Å²) in [5.74, 6) is 0.805. The Morgan fingerprint density at radius 3 is 2.71 bits per heavy atom. The van der Waals surface area contributed by atoms with Gasteiger partial charge >= 0.3 is 0 Å². The van der Waals surface area contributed by atoms with E-state index in [-0.39, 0.29) is 5.78 Å². The zero-order chi connectivity index (χ0) is 16.3. The first-order valence-electron chi connectivity index (χ1n) is 7.50. The normalized spacial score (nSPS) is 12.5. The fraction of sp³-hybridized carbons (Fsp3) is 0. The smallest absolute Gasteiger partial charge is 0.194 e. The summed E-state index contributed by atoms with van der Waals surface area (Å²) in [5, 5.41) is 0. The van der Waals surface area contributed by atoms with E-state index in [9.17, 15) is 4.79 Å². The zero-order valence-electron chi connectivity index (χ0n) is 12.4. The topological polar surface area (TPSA) is 58.6 Å². The Hall–Kier alpha value is -2.79. The number of benzene rings is 2. The number of imidazole rings is 1. The number of nitrogens with zero attached hydrogens (tertiary/aromatic N) is 2. The van der Waals surface area contributed by atoms with Gasteiger partial charge in [-0.05, 0) is 23.8 Å². The van der Waals surface area contributed by atoms with E-state index >= 15 is 0 Å². The molecule has 2 aromatic carbocycles. The first-order chi connectivity index (χ1) is 11.7. The zero-order valence-corrected chi connectivity index (χ0v) is 14.0. The molecule has 24 heavy (non-hydrogen) atoms. The van der Waals surface area contributed by atoms with Crippen LogP contribution in [-0.4, -0.2) is 20.7 Å². The lowest BCUT2D eigenvalue weighted by Crippen LogP contribution is -1.95. The highest BCUT2D eigenvalue weighted by atomic mass is 79.9. The number of halogens is 1. The fourth-order valence-corrected chi connectivity index (χ4v) is 3.64. The van der Waals surface area contributed by atoms with E-state index in [0.717, 1.165) is 49.1 Å². The molecule has 0 amide bonds. The first kappa shape index (κ1) is 13.6. The van der Waals surface area contributed by atoms with Crippen LogP contribution in [-0.2, 0) is 0 Å². The maximum Gasteiger partial charge on any atom is 0.194 e. The maximum absolute atomic E-state index is 12.7. The number of hydrogen-bond acceptors (Lipinski definition) is 3. The molecule has 0 saturated carbocycles. The number of ketones is 1. The van der Waals surface area contributed by atoms with Gasteiger partial charge in [-0.2, -0.15) is 0 Å². The second kappa shape index (κ2) is 4.85. The van der Waals surface area contributed by atoms with Crippen LogP contribution >= 0.6 is 15.9 Å². The van der Waals surface area contributed by atoms with Crippen LogP contribution < -0.4 is 0 Å². The van der Waals surface area contributed by atoms with Gasteiger partial charge in [0.1, 0.15) is 5.82 Å². The van der Waals surface area contributed by atoms with Crippen molar-refractivity contribution in [1.29, 1.82) is 0 Å². The summed E-state index contributed by atoms with van der Waals surface area (Å²) in [6, 6.07) is 13.5. The summed E-state index contributed by atoms with van der Waals surface area (Å²) in [6.07, 6.45) is 3.48. The van der Waals surface area contributed by atoms with Gasteiger partial charge in [0, 0.05) is 32.9 Å². The Kier molecular flexibility index (Phi) is 2.76. The van der Waals surface area contributed by atoms with Crippen molar-refractivity contribution in [2.24, 2.45) is 0 Å². The van der Waals surface area contributed by atoms with E-state index in [1.165, 1.54) is 0 Å². The molecule has 2 aromatic heterocycles. The second-order valence-corrected chi connectivity index (χ2v) is 6.64. The molecule has 4 nitrogen and oxygen atoms in total. The van der Waals surface area contributed by atoms with Crippen LogP contribution in [0, 0.1) is 0 Å². The third kappa shape index (κ3) is 1.82. The van der Waals surface area contributed by atoms with Crippen molar-refractivity contribution in [2.45, 2.75) is 0 Å². The number of aromatic nitrogens is 3. The van der Waals surface area contributed by atoms with Crippen molar-refractivity contribution in [1.82, 2.24) is 15.0 Å². The number of hydrogen-bond donors (Lipinski definition) is 1. The Balaban J connectivity index is 1.82. The number of carbonyl (C=O) groups is 1. The summed E-state index contributed by atoms with van der Waals surface area (Å²) in [4.78, 5) is 24.8. The Morgan fingerprint density at radius 2 is 1.83 bits per heavy atom. The molecule has 0 bridgehead atoms. The molecule has 0 spiro atoms. The number of carbonyl (C=O) groups excluding carboxylic acids is 1. The molecule has 5 rings (SSSR count). The fourth-order valence-electron chi connectivity index (χ4n) is 3.28. The predicted molar refractivity (Wildman–Crippen MR) is 95.9 cm³/mol. The molecule has 1 N–H and O–H groups in total. The van der Waals surface area contributed by atoms with Gasteiger partial charge in [0.25, 0.3) is 0 Å². The van der Waals surface area contributed by atoms with Crippen molar-refractivity contribution < 1.29 is 4.79 Å². The quantitative estimate of drug-likeness (QED) is 0.465. The van der Waals surface area contributed by atoms with Crippen LogP contribution in [0.25, 0.3) is 33.5 Å². The molecule has 0 saturated heterocycles. The number of rotatable bonds is 1. The second-order valence-electron chi connectivity index (χ2n) is 5.73. The van der Waals surface area contributed by atoms with E-state index in [2.05, 4.69) is 30.9 Å². The van der Waals surface area contributed by atoms with Gasteiger partial charge in [0.15, 0.2) is 5.78 Å². The minimum atomic E-state index is 0.0564. The number of H-pyrrole nitrogens is 1. The summed E-state index contributed by atoms with van der Waals surface area (Å²) < 4.78 is 0.902. The lowest BCUT2D eigenvalue weighted by atomic mass is 9.99. The van der Waals surface area contributed by atoms with Gasteiger partial charge in [0.2, 0.25) is 0 Å². The van der Waals surface area contributed by atoms with Gasteiger partial charge in [0.05, 0.1) is 17.2 Å². The third-order valence-corrected chi connectivity index (χ3v) is 4.84. The molecule has 1 aliphatic rings.